The summed E-state index contributed by atoms with van der Waals surface area (Å²) < 4.78 is 0. The molecule has 0 spiro atoms. The van der Waals surface area contributed by atoms with Gasteiger partial charge in [0.1, 0.15) is 5.69 Å². The molecular formula is C13H10N3O+. The number of benzene rings is 2. The molecule has 4 nitrogen and oxygen atoms in total. The van der Waals surface area contributed by atoms with E-state index < -0.39 is 0 Å². The maximum Gasteiger partial charge on any atom is 0.408 e. The molecule has 0 radical (unpaired) electrons. The van der Waals surface area contributed by atoms with Crippen LogP contribution < -0.4 is 5.32 Å². The van der Waals surface area contributed by atoms with E-state index >= 15 is 0 Å². The van der Waals surface area contributed by atoms with E-state index in [1.54, 1.807) is 48.5 Å². The Kier molecular flexibility index (Phi) is 3.13. The van der Waals surface area contributed by atoms with Crippen LogP contribution in [0, 0.1) is 5.39 Å². The minimum atomic E-state index is -0.235. The van der Waals surface area contributed by atoms with Gasteiger partial charge in [0, 0.05) is 11.6 Å². The van der Waals surface area contributed by atoms with Gasteiger partial charge in [0.25, 0.3) is 5.91 Å². The minimum absolute atomic E-state index is 0.235. The molecular weight excluding hydrogens is 214 g/mol. The summed E-state index contributed by atoms with van der Waals surface area (Å²) in [6.45, 7) is 0. The second-order valence-corrected chi connectivity index (χ2v) is 3.44. The van der Waals surface area contributed by atoms with E-state index in [0.717, 1.165) is 0 Å². The molecule has 0 heterocycles. The van der Waals surface area contributed by atoms with Gasteiger partial charge in [-0.3, -0.25) is 4.79 Å². The van der Waals surface area contributed by atoms with Crippen LogP contribution in [0.3, 0.4) is 0 Å². The number of carbonyl (C=O) groups is 1. The Bertz CT molecular complexity index is 573. The quantitative estimate of drug-likeness (QED) is 0.794. The molecule has 82 valence electrons. The first kappa shape index (κ1) is 10.8. The van der Waals surface area contributed by atoms with E-state index in [-0.39, 0.29) is 5.91 Å². The molecule has 0 aliphatic heterocycles. The molecule has 0 saturated carbocycles. The molecule has 0 aromatic heterocycles. The maximum atomic E-state index is 11.8. The number of nitrogens with zero attached hydrogens (tertiary/aromatic N) is 2. The highest BCUT2D eigenvalue weighted by atomic mass is 16.1. The summed E-state index contributed by atoms with van der Waals surface area (Å²) in [5.41, 5.74) is 1.36. The number of nitrogens with one attached hydrogen (secondary N) is 1. The normalized spacial score (nSPS) is 9.35. The average Bonchev–Trinajstić information content (AvgIpc) is 2.40. The topological polar surface area (TPSA) is 57.2 Å². The number of diazo groups is 1. The van der Waals surface area contributed by atoms with Gasteiger partial charge in [-0.05, 0) is 18.2 Å². The van der Waals surface area contributed by atoms with Crippen LogP contribution in [0.1, 0.15) is 10.4 Å². The van der Waals surface area contributed by atoms with E-state index in [1.807, 2.05) is 6.07 Å². The van der Waals surface area contributed by atoms with Crippen molar-refractivity contribution in [1.29, 1.82) is 5.39 Å². The fourth-order valence-electron chi connectivity index (χ4n) is 1.45. The molecule has 1 amide bonds. The lowest BCUT2D eigenvalue weighted by Crippen LogP contribution is -2.11. The number of hydrogen-bond donors (Lipinski definition) is 1. The van der Waals surface area contributed by atoms with Crippen molar-refractivity contribution < 1.29 is 4.79 Å². The zero-order chi connectivity index (χ0) is 12.1. The zero-order valence-corrected chi connectivity index (χ0v) is 9.00. The summed E-state index contributed by atoms with van der Waals surface area (Å²) in [4.78, 5) is 15.0. The van der Waals surface area contributed by atoms with Gasteiger partial charge in [0.2, 0.25) is 5.39 Å². The van der Waals surface area contributed by atoms with Crippen molar-refractivity contribution in [3.05, 3.63) is 65.1 Å². The van der Waals surface area contributed by atoms with Crippen molar-refractivity contribution >= 4 is 17.3 Å². The lowest BCUT2D eigenvalue weighted by atomic mass is 10.2. The number of para-hydroxylation sites is 1. The minimum Gasteiger partial charge on any atom is -0.315 e. The number of carbonyl (C=O) groups excluding carboxylic acids is 1. The summed E-state index contributed by atoms with van der Waals surface area (Å²) >= 11 is 0. The van der Waals surface area contributed by atoms with Crippen LogP contribution in [-0.4, -0.2) is 5.91 Å². The molecule has 17 heavy (non-hydrogen) atoms. The highest BCUT2D eigenvalue weighted by Crippen LogP contribution is 2.24. The first-order valence-electron chi connectivity index (χ1n) is 5.12. The van der Waals surface area contributed by atoms with E-state index in [2.05, 4.69) is 10.3 Å². The third-order valence-corrected chi connectivity index (χ3v) is 2.30. The van der Waals surface area contributed by atoms with Gasteiger partial charge < -0.3 is 5.32 Å². The zero-order valence-electron chi connectivity index (χ0n) is 9.00. The van der Waals surface area contributed by atoms with Crippen molar-refractivity contribution in [2.75, 3.05) is 5.32 Å². The summed E-state index contributed by atoms with van der Waals surface area (Å²) in [5, 5.41) is 11.5. The van der Waals surface area contributed by atoms with Crippen LogP contribution in [0.5, 0.6) is 0 Å². The van der Waals surface area contributed by atoms with Crippen molar-refractivity contribution in [3.63, 3.8) is 0 Å². The molecule has 2 aromatic rings. The molecule has 2 rings (SSSR count). The average molecular weight is 224 g/mol. The Balaban J connectivity index is 2.23. The summed E-state index contributed by atoms with van der Waals surface area (Å²) in [7, 11) is 0. The van der Waals surface area contributed by atoms with Gasteiger partial charge in [-0.15, -0.1) is 0 Å². The standard InChI is InChI=1S/C13H9N3O/c14-16-12-9-5-4-8-11(12)15-13(17)10-6-2-1-3-7-10/h1-9H/p+1. The largest absolute Gasteiger partial charge is 0.408 e. The van der Waals surface area contributed by atoms with Gasteiger partial charge in [-0.25, -0.2) is 0 Å². The monoisotopic (exact) mass is 224 g/mol. The Morgan fingerprint density at radius 1 is 1.00 bits per heavy atom. The van der Waals surface area contributed by atoms with Gasteiger partial charge in [0.15, 0.2) is 4.98 Å². The van der Waals surface area contributed by atoms with Crippen LogP contribution in [0.25, 0.3) is 4.98 Å². The van der Waals surface area contributed by atoms with E-state index in [9.17, 15) is 4.79 Å². The Labute approximate surface area is 98.5 Å². The third-order valence-electron chi connectivity index (χ3n) is 2.30. The lowest BCUT2D eigenvalue weighted by Gasteiger charge is -2.02. The number of hydrogen-bond acceptors (Lipinski definition) is 2. The third kappa shape index (κ3) is 2.47. The molecule has 4 heteroatoms. The summed E-state index contributed by atoms with van der Waals surface area (Å²) in [6, 6.07) is 15.6. The van der Waals surface area contributed by atoms with Gasteiger partial charge >= 0.3 is 5.69 Å². The molecule has 2 aromatic carbocycles. The van der Waals surface area contributed by atoms with E-state index in [0.29, 0.717) is 16.9 Å². The van der Waals surface area contributed by atoms with Crippen LogP contribution in [0.15, 0.2) is 54.6 Å². The molecule has 0 bridgehead atoms. The van der Waals surface area contributed by atoms with Crippen LogP contribution >= 0.6 is 0 Å². The SMILES string of the molecule is N#[N+]c1ccccc1NC(=O)c1ccccc1. The number of anilines is 1. The van der Waals surface area contributed by atoms with Crippen molar-refractivity contribution in [2.24, 2.45) is 0 Å². The number of rotatable bonds is 2. The predicted octanol–water partition coefficient (Wildman–Crippen LogP) is 3.42. The Hall–Kier alpha value is -2.67. The van der Waals surface area contributed by atoms with E-state index in [4.69, 9.17) is 5.39 Å². The molecule has 0 aliphatic carbocycles. The number of amides is 1. The second kappa shape index (κ2) is 4.90. The Morgan fingerprint density at radius 3 is 2.35 bits per heavy atom. The van der Waals surface area contributed by atoms with Gasteiger partial charge in [-0.2, -0.15) is 0 Å². The van der Waals surface area contributed by atoms with Crippen molar-refractivity contribution in [2.45, 2.75) is 0 Å². The predicted molar refractivity (Wildman–Crippen MR) is 65.6 cm³/mol. The highest BCUT2D eigenvalue weighted by Gasteiger charge is 2.15. The molecule has 1 N–H and O–H groups in total. The first-order chi connectivity index (χ1) is 8.31. The highest BCUT2D eigenvalue weighted by molar-refractivity contribution is 6.05. The first-order valence-corrected chi connectivity index (χ1v) is 5.12. The lowest BCUT2D eigenvalue weighted by molar-refractivity contribution is 0.102. The fraction of sp³-hybridized carbons (Fsp3) is 0. The molecule has 0 atom stereocenters. The van der Waals surface area contributed by atoms with Gasteiger partial charge in [0.05, 0.1) is 0 Å². The second-order valence-electron chi connectivity index (χ2n) is 3.44. The van der Waals surface area contributed by atoms with Gasteiger partial charge in [-0.1, -0.05) is 30.3 Å². The van der Waals surface area contributed by atoms with Crippen LogP contribution in [0.4, 0.5) is 11.4 Å². The van der Waals surface area contributed by atoms with Crippen molar-refractivity contribution in [3.8, 4) is 0 Å². The molecule has 0 unspecified atom stereocenters. The molecule has 0 aliphatic rings. The Morgan fingerprint density at radius 2 is 1.65 bits per heavy atom. The maximum absolute atomic E-state index is 11.8. The van der Waals surface area contributed by atoms with Crippen molar-refractivity contribution in [1.82, 2.24) is 0 Å². The summed E-state index contributed by atoms with van der Waals surface area (Å²) in [6.07, 6.45) is 0. The van der Waals surface area contributed by atoms with Crippen LogP contribution in [-0.2, 0) is 0 Å². The summed E-state index contributed by atoms with van der Waals surface area (Å²) in [5.74, 6) is -0.235. The molecule has 0 saturated heterocycles. The molecule has 0 fully saturated rings. The smallest absolute Gasteiger partial charge is 0.315 e. The van der Waals surface area contributed by atoms with Crippen LogP contribution in [0.2, 0.25) is 0 Å². The van der Waals surface area contributed by atoms with E-state index in [1.165, 1.54) is 0 Å². The fourth-order valence-corrected chi connectivity index (χ4v) is 1.45.